The van der Waals surface area contributed by atoms with Gasteiger partial charge in [0.05, 0.1) is 16.0 Å². The number of nitrogens with zero attached hydrogens (tertiary/aromatic N) is 3. The van der Waals surface area contributed by atoms with E-state index < -0.39 is 29.2 Å². The standard InChI is InChI=1S/C31H30F3N3O6/c1-20-15-24(8-10-25(20)29(38)39)43-23-11-13-35(14-12-23)19-30(40,31(32,33)34)27-18-36(17-21-5-3-2-4-6-21)28-16-22(37(41)42)7-9-26(27)28/h2-10,15-16,18,23,40H,11-14,17,19H2,1H3,(H,38,39). The molecule has 1 aromatic heterocycles. The number of aliphatic hydroxyl groups is 1. The molecule has 0 aliphatic carbocycles. The Labute approximate surface area is 244 Å². The summed E-state index contributed by atoms with van der Waals surface area (Å²) < 4.78 is 51.7. The minimum absolute atomic E-state index is 0.0831. The van der Waals surface area contributed by atoms with Crippen molar-refractivity contribution in [2.75, 3.05) is 19.6 Å². The van der Waals surface area contributed by atoms with Gasteiger partial charge in [0.2, 0.25) is 5.60 Å². The molecule has 2 heterocycles. The monoisotopic (exact) mass is 597 g/mol. The molecule has 1 unspecified atom stereocenters. The van der Waals surface area contributed by atoms with Gasteiger partial charge in [0, 0.05) is 55.5 Å². The molecule has 1 atom stereocenters. The maximum Gasteiger partial charge on any atom is 0.422 e. The first-order chi connectivity index (χ1) is 20.4. The van der Waals surface area contributed by atoms with Crippen LogP contribution in [0.15, 0.2) is 72.9 Å². The van der Waals surface area contributed by atoms with E-state index >= 15 is 0 Å². The maximum atomic E-state index is 14.7. The van der Waals surface area contributed by atoms with Crippen molar-refractivity contribution >= 4 is 22.6 Å². The van der Waals surface area contributed by atoms with Crippen molar-refractivity contribution in [3.63, 3.8) is 0 Å². The maximum absolute atomic E-state index is 14.7. The van der Waals surface area contributed by atoms with Crippen LogP contribution in [0.3, 0.4) is 0 Å². The van der Waals surface area contributed by atoms with Crippen LogP contribution in [-0.2, 0) is 12.1 Å². The lowest BCUT2D eigenvalue weighted by atomic mass is 9.91. The Hall–Kier alpha value is -4.42. The highest BCUT2D eigenvalue weighted by atomic mass is 19.4. The zero-order valence-corrected chi connectivity index (χ0v) is 23.3. The molecule has 0 radical (unpaired) electrons. The Morgan fingerprint density at radius 2 is 1.77 bits per heavy atom. The van der Waals surface area contributed by atoms with Gasteiger partial charge in [-0.25, -0.2) is 4.79 Å². The largest absolute Gasteiger partial charge is 0.490 e. The number of nitro groups is 1. The van der Waals surface area contributed by atoms with Crippen LogP contribution >= 0.6 is 0 Å². The fourth-order valence-electron chi connectivity index (χ4n) is 5.61. The van der Waals surface area contributed by atoms with E-state index in [0.717, 1.165) is 11.6 Å². The van der Waals surface area contributed by atoms with Gasteiger partial charge in [0.15, 0.2) is 0 Å². The van der Waals surface area contributed by atoms with E-state index in [1.807, 2.05) is 0 Å². The van der Waals surface area contributed by atoms with E-state index in [-0.39, 0.29) is 53.5 Å². The van der Waals surface area contributed by atoms with E-state index in [4.69, 9.17) is 4.74 Å². The Balaban J connectivity index is 1.39. The number of β-amino-alcohol motifs (C(OH)–C–C–N with tert-alkyl or cyclic N) is 1. The highest BCUT2D eigenvalue weighted by Gasteiger charge is 2.57. The third-order valence-corrected chi connectivity index (χ3v) is 7.91. The van der Waals surface area contributed by atoms with Crippen LogP contribution in [0.25, 0.3) is 10.9 Å². The van der Waals surface area contributed by atoms with Crippen molar-refractivity contribution in [3.8, 4) is 5.75 Å². The Morgan fingerprint density at radius 3 is 2.37 bits per heavy atom. The van der Waals surface area contributed by atoms with Gasteiger partial charge in [-0.05, 0) is 55.2 Å². The number of likely N-dealkylation sites (tertiary alicyclic amines) is 1. The van der Waals surface area contributed by atoms with Crippen molar-refractivity contribution in [3.05, 3.63) is 105 Å². The van der Waals surface area contributed by atoms with Crippen LogP contribution in [-0.4, -0.2) is 62.5 Å². The molecule has 12 heteroatoms. The van der Waals surface area contributed by atoms with E-state index in [2.05, 4.69) is 0 Å². The second-order valence-corrected chi connectivity index (χ2v) is 10.8. The Bertz CT molecular complexity index is 1650. The zero-order chi connectivity index (χ0) is 30.9. The lowest BCUT2D eigenvalue weighted by molar-refractivity contribution is -0.384. The SMILES string of the molecule is Cc1cc(OC2CCN(CC(O)(c3cn(Cc4ccccc4)c4cc([N+](=O)[O-])ccc34)C(F)(F)F)CC2)ccc1C(=O)O. The van der Waals surface area contributed by atoms with Gasteiger partial charge in [-0.1, -0.05) is 30.3 Å². The van der Waals surface area contributed by atoms with Gasteiger partial charge in [-0.3, -0.25) is 15.0 Å². The predicted molar refractivity (Wildman–Crippen MR) is 152 cm³/mol. The molecule has 4 aromatic rings. The average Bonchev–Trinajstić information content (AvgIpc) is 3.32. The number of carbonyl (C=O) groups is 1. The smallest absolute Gasteiger partial charge is 0.422 e. The van der Waals surface area contributed by atoms with Crippen LogP contribution in [0.4, 0.5) is 18.9 Å². The van der Waals surface area contributed by atoms with Crippen molar-refractivity contribution in [1.82, 2.24) is 9.47 Å². The number of aryl methyl sites for hydroxylation is 1. The quantitative estimate of drug-likeness (QED) is 0.182. The summed E-state index contributed by atoms with van der Waals surface area (Å²) in [7, 11) is 0. The third-order valence-electron chi connectivity index (χ3n) is 7.91. The molecule has 9 nitrogen and oxygen atoms in total. The van der Waals surface area contributed by atoms with Crippen LogP contribution in [0, 0.1) is 17.0 Å². The minimum atomic E-state index is -5.04. The number of benzene rings is 3. The number of hydrogen-bond acceptors (Lipinski definition) is 6. The minimum Gasteiger partial charge on any atom is -0.490 e. The molecular weight excluding hydrogens is 567 g/mol. The van der Waals surface area contributed by atoms with Gasteiger partial charge in [0.1, 0.15) is 11.9 Å². The van der Waals surface area contributed by atoms with Gasteiger partial charge < -0.3 is 19.5 Å². The summed E-state index contributed by atoms with van der Waals surface area (Å²) in [6.07, 6.45) is -3.30. The first-order valence-corrected chi connectivity index (χ1v) is 13.7. The van der Waals surface area contributed by atoms with Crippen LogP contribution < -0.4 is 4.74 Å². The van der Waals surface area contributed by atoms with Crippen LogP contribution in [0.2, 0.25) is 0 Å². The number of piperidine rings is 1. The number of aromatic nitrogens is 1. The topological polar surface area (TPSA) is 118 Å². The molecule has 226 valence electrons. The Morgan fingerprint density at radius 1 is 1.07 bits per heavy atom. The molecule has 1 aliphatic rings. The van der Waals surface area contributed by atoms with Crippen molar-refractivity contribution in [2.45, 2.75) is 44.2 Å². The van der Waals surface area contributed by atoms with Crippen LogP contribution in [0.5, 0.6) is 5.75 Å². The summed E-state index contributed by atoms with van der Waals surface area (Å²) in [5.41, 5.74) is -2.19. The average molecular weight is 598 g/mol. The third kappa shape index (κ3) is 6.20. The second kappa shape index (κ2) is 11.7. The summed E-state index contributed by atoms with van der Waals surface area (Å²) in [5.74, 6) is -0.566. The first-order valence-electron chi connectivity index (χ1n) is 13.7. The normalized spacial score (nSPS) is 16.2. The van der Waals surface area contributed by atoms with E-state index in [1.54, 1.807) is 49.4 Å². The molecule has 0 amide bonds. The molecule has 1 fully saturated rings. The lowest BCUT2D eigenvalue weighted by Crippen LogP contribution is -2.53. The molecule has 0 saturated carbocycles. The summed E-state index contributed by atoms with van der Waals surface area (Å²) in [6, 6.07) is 17.2. The first kappa shape index (κ1) is 30.1. The lowest BCUT2D eigenvalue weighted by Gasteiger charge is -2.39. The number of carboxylic acids is 1. The van der Waals surface area contributed by atoms with Gasteiger partial charge in [-0.2, -0.15) is 13.2 Å². The highest BCUT2D eigenvalue weighted by molar-refractivity contribution is 5.89. The van der Waals surface area contributed by atoms with Gasteiger partial charge in [-0.15, -0.1) is 0 Å². The number of alkyl halides is 3. The molecule has 2 N–H and O–H groups in total. The highest BCUT2D eigenvalue weighted by Crippen LogP contribution is 2.44. The Kier molecular flexibility index (Phi) is 8.17. The second-order valence-electron chi connectivity index (χ2n) is 10.8. The molecule has 5 rings (SSSR count). The number of carboxylic acid groups (broad SMARTS) is 1. The summed E-state index contributed by atoms with van der Waals surface area (Å²) in [4.78, 5) is 23.7. The number of halogens is 3. The summed E-state index contributed by atoms with van der Waals surface area (Å²) in [6.45, 7) is 1.54. The number of hydrogen-bond donors (Lipinski definition) is 2. The number of aromatic carboxylic acids is 1. The van der Waals surface area contributed by atoms with E-state index in [9.17, 15) is 38.3 Å². The molecule has 0 bridgehead atoms. The molecule has 43 heavy (non-hydrogen) atoms. The fraction of sp³-hybridized carbons (Fsp3) is 0.323. The number of ether oxygens (including phenoxy) is 1. The van der Waals surface area contributed by atoms with Crippen molar-refractivity contribution in [1.29, 1.82) is 0 Å². The van der Waals surface area contributed by atoms with E-state index in [1.165, 1.54) is 33.9 Å². The molecule has 0 spiro atoms. The zero-order valence-electron chi connectivity index (χ0n) is 23.3. The molecule has 1 aliphatic heterocycles. The molecular formula is C31H30F3N3O6. The summed E-state index contributed by atoms with van der Waals surface area (Å²) in [5, 5.41) is 32.2. The fourth-order valence-corrected chi connectivity index (χ4v) is 5.61. The number of fused-ring (bicyclic) bond motifs is 1. The summed E-state index contributed by atoms with van der Waals surface area (Å²) >= 11 is 0. The number of non-ortho nitro benzene ring substituents is 1. The van der Waals surface area contributed by atoms with Gasteiger partial charge >= 0.3 is 12.1 Å². The van der Waals surface area contributed by atoms with E-state index in [0.29, 0.717) is 24.2 Å². The molecule has 1 saturated heterocycles. The van der Waals surface area contributed by atoms with Crippen LogP contribution in [0.1, 0.15) is 39.9 Å². The molecule has 3 aromatic carbocycles. The van der Waals surface area contributed by atoms with Crippen molar-refractivity contribution in [2.24, 2.45) is 0 Å². The van der Waals surface area contributed by atoms with Crippen molar-refractivity contribution < 1.29 is 37.8 Å². The number of rotatable bonds is 9. The van der Waals surface area contributed by atoms with Gasteiger partial charge in [0.25, 0.3) is 5.69 Å². The predicted octanol–water partition coefficient (Wildman–Crippen LogP) is 5.90. The number of nitro benzene ring substituents is 1.